The van der Waals surface area contributed by atoms with Gasteiger partial charge in [0.25, 0.3) is 0 Å². The third-order valence-electron chi connectivity index (χ3n) is 6.47. The number of benzene rings is 1. The summed E-state index contributed by atoms with van der Waals surface area (Å²) in [5.74, 6) is 0.989. The van der Waals surface area contributed by atoms with Gasteiger partial charge in [0.1, 0.15) is 5.82 Å². The third-order valence-corrected chi connectivity index (χ3v) is 6.47. The van der Waals surface area contributed by atoms with Gasteiger partial charge in [-0.1, -0.05) is 57.5 Å². The molecule has 3 heteroatoms. The zero-order valence-corrected chi connectivity index (χ0v) is 17.8. The van der Waals surface area contributed by atoms with Crippen LogP contribution in [0.5, 0.6) is 0 Å². The number of hydrogen-bond donors (Lipinski definition) is 0. The lowest BCUT2D eigenvalue weighted by molar-refractivity contribution is 0.365. The Hall–Kier alpha value is -2.60. The van der Waals surface area contributed by atoms with Crippen LogP contribution < -0.4 is 0 Å². The highest BCUT2D eigenvalue weighted by Gasteiger charge is 2.33. The van der Waals surface area contributed by atoms with Crippen LogP contribution in [0.15, 0.2) is 42.2 Å². The fraction of sp³-hybridized carbons (Fsp3) is 0.440. The fourth-order valence-corrected chi connectivity index (χ4v) is 4.45. The van der Waals surface area contributed by atoms with Gasteiger partial charge >= 0.3 is 0 Å². The first-order chi connectivity index (χ1) is 13.5. The second-order valence-electron chi connectivity index (χ2n) is 7.77. The summed E-state index contributed by atoms with van der Waals surface area (Å²) < 4.78 is 2.39. The monoisotopic (exact) mass is 373 g/mol. The molecule has 1 aliphatic rings. The fourth-order valence-electron chi connectivity index (χ4n) is 4.45. The van der Waals surface area contributed by atoms with Gasteiger partial charge < -0.3 is 0 Å². The molecular formula is C25H31N3. The zero-order chi connectivity index (χ0) is 20.3. The Morgan fingerprint density at radius 2 is 1.82 bits per heavy atom. The number of imidazole rings is 1. The molecule has 3 rings (SSSR count). The average molecular weight is 374 g/mol. The maximum absolute atomic E-state index is 7.35. The Morgan fingerprint density at radius 1 is 1.11 bits per heavy atom. The van der Waals surface area contributed by atoms with E-state index >= 15 is 0 Å². The van der Waals surface area contributed by atoms with Crippen molar-refractivity contribution in [2.75, 3.05) is 0 Å². The highest BCUT2D eigenvalue weighted by Crippen LogP contribution is 2.40. The molecule has 0 radical (unpaired) electrons. The Labute approximate surface area is 169 Å². The van der Waals surface area contributed by atoms with Crippen molar-refractivity contribution in [2.45, 2.75) is 72.1 Å². The minimum absolute atomic E-state index is 0.108. The second-order valence-corrected chi connectivity index (χ2v) is 7.77. The molecule has 3 nitrogen and oxygen atoms in total. The number of hydrogen-bond acceptors (Lipinski definition) is 1. The van der Waals surface area contributed by atoms with Gasteiger partial charge in [-0.3, -0.25) is 4.57 Å². The Kier molecular flexibility index (Phi) is 5.89. The molecule has 0 atom stereocenters. The SMILES string of the molecule is [C-]#[N+]C1=CC=C(c2ncc(C(CC)(CC)CC)n2-c2ccc(C)cc2CC)C1. The summed E-state index contributed by atoms with van der Waals surface area (Å²) in [5.41, 5.74) is 7.19. The summed E-state index contributed by atoms with van der Waals surface area (Å²) in [7, 11) is 0. The largest absolute Gasteiger partial charge is 0.296 e. The van der Waals surface area contributed by atoms with E-state index in [1.165, 1.54) is 22.5 Å². The van der Waals surface area contributed by atoms with E-state index in [1.54, 1.807) is 0 Å². The first-order valence-corrected chi connectivity index (χ1v) is 10.5. The zero-order valence-electron chi connectivity index (χ0n) is 17.8. The van der Waals surface area contributed by atoms with Crippen LogP contribution in [0.2, 0.25) is 0 Å². The Morgan fingerprint density at radius 3 is 2.39 bits per heavy atom. The molecule has 0 amide bonds. The molecule has 1 aliphatic carbocycles. The Balaban J connectivity index is 2.26. The van der Waals surface area contributed by atoms with Gasteiger partial charge in [-0.05, 0) is 49.8 Å². The lowest BCUT2D eigenvalue weighted by Gasteiger charge is -2.32. The topological polar surface area (TPSA) is 22.2 Å². The number of allylic oxidation sites excluding steroid dienone is 3. The van der Waals surface area contributed by atoms with Gasteiger partial charge in [0, 0.05) is 23.7 Å². The molecule has 0 N–H and O–H groups in total. The predicted molar refractivity (Wildman–Crippen MR) is 118 cm³/mol. The predicted octanol–water partition coefficient (Wildman–Crippen LogP) is 6.80. The van der Waals surface area contributed by atoms with E-state index in [2.05, 4.69) is 74.5 Å². The van der Waals surface area contributed by atoms with Crippen molar-refractivity contribution in [3.05, 3.63) is 76.3 Å². The van der Waals surface area contributed by atoms with E-state index < -0.39 is 0 Å². The second kappa shape index (κ2) is 8.19. The van der Waals surface area contributed by atoms with Crippen molar-refractivity contribution < 1.29 is 0 Å². The van der Waals surface area contributed by atoms with E-state index in [9.17, 15) is 0 Å². The van der Waals surface area contributed by atoms with Crippen LogP contribution in [0.4, 0.5) is 0 Å². The molecular weight excluding hydrogens is 342 g/mol. The minimum atomic E-state index is 0.108. The third kappa shape index (κ3) is 3.33. The average Bonchev–Trinajstić information content (AvgIpc) is 3.37. The summed E-state index contributed by atoms with van der Waals surface area (Å²) in [6.45, 7) is 18.6. The van der Waals surface area contributed by atoms with Crippen LogP contribution >= 0.6 is 0 Å². The van der Waals surface area contributed by atoms with Gasteiger partial charge in [0.2, 0.25) is 0 Å². The van der Waals surface area contributed by atoms with E-state index in [0.29, 0.717) is 6.42 Å². The van der Waals surface area contributed by atoms with Gasteiger partial charge in [0.15, 0.2) is 5.70 Å². The molecule has 146 valence electrons. The van der Waals surface area contributed by atoms with Gasteiger partial charge in [-0.15, -0.1) is 0 Å². The van der Waals surface area contributed by atoms with Gasteiger partial charge in [-0.25, -0.2) is 9.83 Å². The van der Waals surface area contributed by atoms with Crippen LogP contribution in [0.1, 0.15) is 76.0 Å². The standard InChI is InChI=1S/C25H31N3/c1-7-19-15-18(5)11-14-22(19)28-23(25(8-2,9-3)10-4)17-27-24(28)20-12-13-21(16-20)26-6/h11-15,17H,7-10,16H2,1-5H3. The quantitative estimate of drug-likeness (QED) is 0.489. The summed E-state index contributed by atoms with van der Waals surface area (Å²) in [6.07, 6.45) is 11.0. The molecule has 0 saturated heterocycles. The molecule has 0 bridgehead atoms. The van der Waals surface area contributed by atoms with Crippen LogP contribution in [0, 0.1) is 13.5 Å². The minimum Gasteiger partial charge on any atom is -0.296 e. The highest BCUT2D eigenvalue weighted by atomic mass is 15.1. The molecule has 28 heavy (non-hydrogen) atoms. The maximum atomic E-state index is 7.35. The van der Waals surface area contributed by atoms with E-state index in [1.807, 2.05) is 6.08 Å². The summed E-state index contributed by atoms with van der Waals surface area (Å²) >= 11 is 0. The molecule has 0 spiro atoms. The number of aryl methyl sites for hydroxylation is 2. The summed E-state index contributed by atoms with van der Waals surface area (Å²) in [6, 6.07) is 6.73. The van der Waals surface area contributed by atoms with Crippen molar-refractivity contribution in [3.63, 3.8) is 0 Å². The highest BCUT2D eigenvalue weighted by molar-refractivity contribution is 5.71. The van der Waals surface area contributed by atoms with Crippen molar-refractivity contribution in [1.29, 1.82) is 0 Å². The molecule has 0 aliphatic heterocycles. The van der Waals surface area contributed by atoms with E-state index in [4.69, 9.17) is 11.6 Å². The summed E-state index contributed by atoms with van der Waals surface area (Å²) in [5, 5.41) is 0. The Bertz CT molecular complexity index is 954. The van der Waals surface area contributed by atoms with Gasteiger partial charge in [0.05, 0.1) is 12.3 Å². The molecule has 1 heterocycles. The van der Waals surface area contributed by atoms with Crippen LogP contribution in [0.25, 0.3) is 16.1 Å². The lowest BCUT2D eigenvalue weighted by atomic mass is 9.77. The van der Waals surface area contributed by atoms with Gasteiger partial charge in [-0.2, -0.15) is 0 Å². The molecule has 2 aromatic rings. The smallest absolute Gasteiger partial charge is 0.169 e. The molecule has 0 saturated carbocycles. The van der Waals surface area contributed by atoms with Crippen molar-refractivity contribution >= 4 is 5.57 Å². The number of nitrogens with zero attached hydrogens (tertiary/aromatic N) is 3. The molecule has 1 aromatic heterocycles. The summed E-state index contributed by atoms with van der Waals surface area (Å²) in [4.78, 5) is 8.55. The lowest BCUT2D eigenvalue weighted by Crippen LogP contribution is -2.27. The van der Waals surface area contributed by atoms with Crippen LogP contribution in [-0.2, 0) is 11.8 Å². The number of aromatic nitrogens is 2. The normalized spacial score (nSPS) is 14.0. The number of rotatable bonds is 7. The molecule has 1 aromatic carbocycles. The van der Waals surface area contributed by atoms with Crippen molar-refractivity contribution in [2.24, 2.45) is 0 Å². The molecule has 0 fully saturated rings. The van der Waals surface area contributed by atoms with Crippen LogP contribution in [0.3, 0.4) is 0 Å². The molecule has 0 unspecified atom stereocenters. The van der Waals surface area contributed by atoms with Crippen molar-refractivity contribution in [1.82, 2.24) is 9.55 Å². The first kappa shape index (κ1) is 20.1. The van der Waals surface area contributed by atoms with E-state index in [0.717, 1.165) is 42.8 Å². The maximum Gasteiger partial charge on any atom is 0.169 e. The van der Waals surface area contributed by atoms with E-state index in [-0.39, 0.29) is 5.41 Å². The van der Waals surface area contributed by atoms with Crippen LogP contribution in [-0.4, -0.2) is 9.55 Å². The first-order valence-electron chi connectivity index (χ1n) is 10.5. The van der Waals surface area contributed by atoms with Crippen molar-refractivity contribution in [3.8, 4) is 5.69 Å².